The summed E-state index contributed by atoms with van der Waals surface area (Å²) < 4.78 is 0. The lowest BCUT2D eigenvalue weighted by Gasteiger charge is -2.43. The van der Waals surface area contributed by atoms with Gasteiger partial charge in [0, 0.05) is 28.5 Å². The second-order valence-electron chi connectivity index (χ2n) is 11.5. The van der Waals surface area contributed by atoms with E-state index in [-0.39, 0.29) is 23.6 Å². The molecule has 4 heterocycles. The Morgan fingerprint density at radius 3 is 2.45 bits per heavy atom. The van der Waals surface area contributed by atoms with Crippen molar-refractivity contribution in [2.24, 2.45) is 5.92 Å². The second kappa shape index (κ2) is 8.12. The van der Waals surface area contributed by atoms with Crippen LogP contribution in [-0.2, 0) is 27.0 Å². The van der Waals surface area contributed by atoms with Crippen LogP contribution in [0, 0.1) is 5.92 Å². The van der Waals surface area contributed by atoms with Crippen LogP contribution in [0.4, 0.5) is 11.4 Å². The fourth-order valence-corrected chi connectivity index (χ4v) is 8.37. The predicted octanol–water partition coefficient (Wildman–Crippen LogP) is 5.42. The number of fused-ring (bicyclic) bond motifs is 8. The highest BCUT2D eigenvalue weighted by Crippen LogP contribution is 2.67. The molecule has 6 heteroatoms. The summed E-state index contributed by atoms with van der Waals surface area (Å²) in [4.78, 5) is 46.3. The van der Waals surface area contributed by atoms with Crippen LogP contribution in [0.2, 0.25) is 0 Å². The van der Waals surface area contributed by atoms with Crippen molar-refractivity contribution in [3.63, 3.8) is 0 Å². The topological polar surface area (TPSA) is 78.5 Å². The molecule has 4 aliphatic heterocycles. The molecule has 0 unspecified atom stereocenters. The van der Waals surface area contributed by atoms with E-state index in [1.54, 1.807) is 0 Å². The number of para-hydroxylation sites is 1. The summed E-state index contributed by atoms with van der Waals surface area (Å²) in [6.07, 6.45) is 2.42. The Kier molecular flexibility index (Phi) is 4.79. The van der Waals surface area contributed by atoms with Crippen molar-refractivity contribution in [1.82, 2.24) is 4.90 Å². The van der Waals surface area contributed by atoms with Crippen molar-refractivity contribution in [3.05, 3.63) is 107 Å². The summed E-state index contributed by atoms with van der Waals surface area (Å²) in [7, 11) is 0. The first-order valence-electron chi connectivity index (χ1n) is 14.2. The molecular formula is C34H29N3O3. The summed E-state index contributed by atoms with van der Waals surface area (Å²) in [6.45, 7) is 2.73. The molecule has 40 heavy (non-hydrogen) atoms. The molecular weight excluding hydrogens is 498 g/mol. The number of hydrogen-bond acceptors (Lipinski definition) is 4. The molecule has 8 rings (SSSR count). The largest absolute Gasteiger partial charge is 0.325 e. The zero-order valence-corrected chi connectivity index (χ0v) is 22.2. The molecule has 0 bridgehead atoms. The monoisotopic (exact) mass is 527 g/mol. The Morgan fingerprint density at radius 1 is 0.850 bits per heavy atom. The van der Waals surface area contributed by atoms with E-state index >= 15 is 0 Å². The minimum Gasteiger partial charge on any atom is -0.325 e. The van der Waals surface area contributed by atoms with E-state index in [1.165, 1.54) is 0 Å². The zero-order chi connectivity index (χ0) is 27.2. The van der Waals surface area contributed by atoms with Gasteiger partial charge in [0.15, 0.2) is 5.78 Å². The van der Waals surface area contributed by atoms with Gasteiger partial charge < -0.3 is 10.6 Å². The fraction of sp³-hybridized carbons (Fsp3) is 0.265. The van der Waals surface area contributed by atoms with Gasteiger partial charge in [-0.15, -0.1) is 0 Å². The lowest BCUT2D eigenvalue weighted by Crippen LogP contribution is -2.62. The van der Waals surface area contributed by atoms with Crippen LogP contribution in [0.1, 0.15) is 46.8 Å². The molecule has 2 spiro atoms. The number of aryl methyl sites for hydroxylation is 1. The van der Waals surface area contributed by atoms with E-state index in [0.717, 1.165) is 52.4 Å². The molecule has 2 amide bonds. The van der Waals surface area contributed by atoms with Crippen LogP contribution in [0.3, 0.4) is 0 Å². The molecule has 0 aliphatic carbocycles. The van der Waals surface area contributed by atoms with Crippen LogP contribution in [0.5, 0.6) is 0 Å². The third-order valence-electron chi connectivity index (χ3n) is 9.89. The Hall–Kier alpha value is -4.29. The molecule has 2 saturated heterocycles. The number of rotatable bonds is 3. The number of ketones is 1. The molecule has 2 fully saturated rings. The number of anilines is 2. The number of Topliss-reactive ketones (excluding diaryl/α,β-unsaturated/α-hetero) is 1. The summed E-state index contributed by atoms with van der Waals surface area (Å²) in [5, 5.41) is 8.30. The Labute approximate surface area is 232 Å². The van der Waals surface area contributed by atoms with E-state index in [0.29, 0.717) is 17.8 Å². The van der Waals surface area contributed by atoms with Crippen molar-refractivity contribution in [2.75, 3.05) is 17.2 Å². The van der Waals surface area contributed by atoms with Gasteiger partial charge >= 0.3 is 0 Å². The van der Waals surface area contributed by atoms with Crippen LogP contribution >= 0.6 is 0 Å². The summed E-state index contributed by atoms with van der Waals surface area (Å²) in [5.74, 6) is -1.31. The van der Waals surface area contributed by atoms with Gasteiger partial charge in [-0.1, -0.05) is 73.7 Å². The maximum Gasteiger partial charge on any atom is 0.251 e. The van der Waals surface area contributed by atoms with Crippen LogP contribution in [0.15, 0.2) is 84.9 Å². The van der Waals surface area contributed by atoms with Gasteiger partial charge in [0.1, 0.15) is 11.0 Å². The highest BCUT2D eigenvalue weighted by molar-refractivity contribution is 6.21. The number of carbonyl (C=O) groups excluding carboxylic acids is 3. The highest BCUT2D eigenvalue weighted by Gasteiger charge is 2.81. The third-order valence-corrected chi connectivity index (χ3v) is 9.89. The molecule has 2 N–H and O–H groups in total. The van der Waals surface area contributed by atoms with Gasteiger partial charge in [0.2, 0.25) is 5.91 Å². The van der Waals surface area contributed by atoms with Gasteiger partial charge in [0.05, 0.1) is 5.92 Å². The average molecular weight is 528 g/mol. The van der Waals surface area contributed by atoms with Crippen molar-refractivity contribution >= 4 is 39.7 Å². The molecule has 4 aromatic rings. The van der Waals surface area contributed by atoms with Gasteiger partial charge in [-0.3, -0.25) is 19.3 Å². The molecule has 198 valence electrons. The quantitative estimate of drug-likeness (QED) is 0.349. The number of hydrogen-bond donors (Lipinski definition) is 2. The fourth-order valence-electron chi connectivity index (χ4n) is 8.37. The van der Waals surface area contributed by atoms with Crippen LogP contribution in [0.25, 0.3) is 10.8 Å². The maximum absolute atomic E-state index is 14.9. The number of carbonyl (C=O) groups is 3. The molecule has 4 aliphatic rings. The summed E-state index contributed by atoms with van der Waals surface area (Å²) in [5.41, 5.74) is 1.87. The normalized spacial score (nSPS) is 28.1. The summed E-state index contributed by atoms with van der Waals surface area (Å²) in [6, 6.07) is 27.2. The first-order chi connectivity index (χ1) is 19.5. The van der Waals surface area contributed by atoms with Gasteiger partial charge in [0.25, 0.3) is 5.91 Å². The van der Waals surface area contributed by atoms with E-state index < -0.39 is 16.9 Å². The smallest absolute Gasteiger partial charge is 0.251 e. The molecule has 0 aromatic heterocycles. The number of nitrogens with zero attached hydrogens (tertiary/aromatic N) is 1. The lowest BCUT2D eigenvalue weighted by atomic mass is 9.57. The minimum absolute atomic E-state index is 0.0840. The molecule has 0 saturated carbocycles. The van der Waals surface area contributed by atoms with Crippen molar-refractivity contribution in [2.45, 2.75) is 43.2 Å². The zero-order valence-electron chi connectivity index (χ0n) is 22.2. The maximum atomic E-state index is 14.9. The minimum atomic E-state index is -1.42. The lowest BCUT2D eigenvalue weighted by molar-refractivity contribution is -0.137. The van der Waals surface area contributed by atoms with Crippen LogP contribution in [-0.4, -0.2) is 35.1 Å². The first-order valence-corrected chi connectivity index (χ1v) is 14.2. The first kappa shape index (κ1) is 23.6. The third kappa shape index (κ3) is 2.65. The van der Waals surface area contributed by atoms with Crippen molar-refractivity contribution < 1.29 is 14.4 Å². The molecule has 6 nitrogen and oxygen atoms in total. The summed E-state index contributed by atoms with van der Waals surface area (Å²) >= 11 is 0. The van der Waals surface area contributed by atoms with Crippen molar-refractivity contribution in [1.29, 1.82) is 0 Å². The Morgan fingerprint density at radius 2 is 1.60 bits per heavy atom. The molecule has 4 atom stereocenters. The molecule has 4 aromatic carbocycles. The number of nitrogens with one attached hydrogen (secondary N) is 2. The van der Waals surface area contributed by atoms with Crippen molar-refractivity contribution in [3.8, 4) is 0 Å². The number of amides is 2. The standard InChI is InChI=1S/C34H29N3O3/c1-2-20-13-16-27-25(18-20)34(32(40)36-27)33(24-10-5-6-11-26(24)35-31(33)39)29(28-12-7-17-37(28)34)30(38)23-15-14-21-8-3-4-9-22(21)19-23/h3-6,8-11,13-16,18-19,28-29H,2,7,12,17H2,1H3,(H,35,39)(H,36,40)/t28-,29-,33+,34+/m0/s1. The van der Waals surface area contributed by atoms with E-state index in [1.807, 2.05) is 78.9 Å². The van der Waals surface area contributed by atoms with E-state index in [9.17, 15) is 14.4 Å². The predicted molar refractivity (Wildman–Crippen MR) is 154 cm³/mol. The average Bonchev–Trinajstić information content (AvgIpc) is 3.70. The Bertz CT molecular complexity index is 1780. The SMILES string of the molecule is CCc1ccc2c(c1)[C@]1(C(=O)N2)N2CCC[C@H]2[C@@H](C(=O)c2ccc3ccccc3c2)[C@]12C(=O)Nc1ccccc12. The van der Waals surface area contributed by atoms with Gasteiger partial charge in [-0.05, 0) is 65.9 Å². The van der Waals surface area contributed by atoms with E-state index in [2.05, 4.69) is 28.5 Å². The van der Waals surface area contributed by atoms with Gasteiger partial charge in [-0.2, -0.15) is 0 Å². The highest BCUT2D eigenvalue weighted by atomic mass is 16.2. The van der Waals surface area contributed by atoms with Gasteiger partial charge in [-0.25, -0.2) is 0 Å². The Balaban J connectivity index is 1.45. The van der Waals surface area contributed by atoms with Crippen LogP contribution < -0.4 is 10.6 Å². The molecule has 0 radical (unpaired) electrons. The second-order valence-corrected chi connectivity index (χ2v) is 11.5. The van der Waals surface area contributed by atoms with E-state index in [4.69, 9.17) is 0 Å². The number of benzene rings is 4.